The lowest BCUT2D eigenvalue weighted by Gasteiger charge is -2.11. The number of carbonyl (C=O) groups is 1. The number of amides is 1. The normalized spacial score (nSPS) is 11.8. The van der Waals surface area contributed by atoms with Crippen LogP contribution in [-0.4, -0.2) is 28.6 Å². The van der Waals surface area contributed by atoms with E-state index in [0.29, 0.717) is 12.4 Å². The van der Waals surface area contributed by atoms with Gasteiger partial charge in [0.05, 0.1) is 12.8 Å². The smallest absolute Gasteiger partial charge is 0.254 e. The molecule has 0 unspecified atom stereocenters. The van der Waals surface area contributed by atoms with Gasteiger partial charge in [-0.3, -0.25) is 9.78 Å². The molecule has 0 aliphatic carbocycles. The summed E-state index contributed by atoms with van der Waals surface area (Å²) in [7, 11) is 0. The zero-order valence-electron chi connectivity index (χ0n) is 9.22. The van der Waals surface area contributed by atoms with Crippen LogP contribution < -0.4 is 5.32 Å². The van der Waals surface area contributed by atoms with Crippen LogP contribution in [0.15, 0.2) is 31.2 Å². The topological polar surface area (TPSA) is 64.1 Å². The maximum Gasteiger partial charge on any atom is 0.254 e. The van der Waals surface area contributed by atoms with Gasteiger partial charge in [-0.15, -0.1) is 6.58 Å². The molecule has 0 aromatic carbocycles. The van der Waals surface area contributed by atoms with Crippen molar-refractivity contribution in [1.29, 1.82) is 0 Å². The molecule has 1 rings (SSSR count). The third kappa shape index (κ3) is 4.18. The Morgan fingerprint density at radius 2 is 2.50 bits per heavy atom. The predicted molar refractivity (Wildman–Crippen MR) is 60.9 cm³/mol. The second kappa shape index (κ2) is 6.68. The van der Waals surface area contributed by atoms with E-state index < -0.39 is 6.10 Å². The molecule has 5 nitrogen and oxygen atoms in total. The molecule has 1 amide bonds. The van der Waals surface area contributed by atoms with Gasteiger partial charge >= 0.3 is 0 Å². The fraction of sp³-hybridized carbons (Fsp3) is 0.364. The fourth-order valence-electron chi connectivity index (χ4n) is 0.995. The number of aromatic nitrogens is 2. The average molecular weight is 221 g/mol. The molecule has 0 saturated heterocycles. The number of nitrogens with zero attached hydrogens (tertiary/aromatic N) is 2. The molecule has 5 heteroatoms. The van der Waals surface area contributed by atoms with Gasteiger partial charge in [0.2, 0.25) is 0 Å². The van der Waals surface area contributed by atoms with E-state index in [1.807, 2.05) is 0 Å². The van der Waals surface area contributed by atoms with Gasteiger partial charge in [-0.2, -0.15) is 0 Å². The van der Waals surface area contributed by atoms with Gasteiger partial charge in [0.15, 0.2) is 5.82 Å². The summed E-state index contributed by atoms with van der Waals surface area (Å²) in [5, 5.41) is 2.61. The first-order valence-corrected chi connectivity index (χ1v) is 5.03. The Labute approximate surface area is 94.6 Å². The summed E-state index contributed by atoms with van der Waals surface area (Å²) < 4.78 is 5.28. The maximum atomic E-state index is 11.6. The molecule has 0 spiro atoms. The van der Waals surface area contributed by atoms with Crippen LogP contribution in [0.25, 0.3) is 0 Å². The molecular formula is C11H15N3O2. The van der Waals surface area contributed by atoms with Crippen LogP contribution in [0.1, 0.15) is 13.3 Å². The van der Waals surface area contributed by atoms with Crippen molar-refractivity contribution in [3.05, 3.63) is 31.2 Å². The number of hydrogen-bond donors (Lipinski definition) is 1. The maximum absolute atomic E-state index is 11.6. The van der Waals surface area contributed by atoms with Crippen molar-refractivity contribution in [2.24, 2.45) is 0 Å². The second-order valence-corrected chi connectivity index (χ2v) is 3.17. The molecule has 1 atom stereocenters. The Morgan fingerprint density at radius 1 is 1.69 bits per heavy atom. The van der Waals surface area contributed by atoms with E-state index in [1.165, 1.54) is 12.4 Å². The number of hydrogen-bond acceptors (Lipinski definition) is 4. The Bertz CT molecular complexity index is 340. The number of carbonyl (C=O) groups excluding carboxylic acids is 1. The molecule has 0 bridgehead atoms. The Morgan fingerprint density at radius 3 is 3.12 bits per heavy atom. The summed E-state index contributed by atoms with van der Waals surface area (Å²) in [5.41, 5.74) is 0. The zero-order valence-corrected chi connectivity index (χ0v) is 9.22. The molecule has 0 fully saturated rings. The summed E-state index contributed by atoms with van der Waals surface area (Å²) in [6.07, 6.45) is 6.49. The van der Waals surface area contributed by atoms with Crippen molar-refractivity contribution in [2.45, 2.75) is 19.4 Å². The summed E-state index contributed by atoms with van der Waals surface area (Å²) in [4.78, 5) is 19.3. The predicted octanol–water partition coefficient (Wildman–Crippen LogP) is 1.40. The minimum atomic E-state index is -0.512. The van der Waals surface area contributed by atoms with Crippen molar-refractivity contribution >= 4 is 11.7 Å². The van der Waals surface area contributed by atoms with Crippen LogP contribution >= 0.6 is 0 Å². The molecule has 0 radical (unpaired) electrons. The molecular weight excluding hydrogens is 206 g/mol. The van der Waals surface area contributed by atoms with Crippen molar-refractivity contribution < 1.29 is 9.53 Å². The summed E-state index contributed by atoms with van der Waals surface area (Å²) >= 11 is 0. The first kappa shape index (κ1) is 12.3. The van der Waals surface area contributed by atoms with Crippen LogP contribution in [0.2, 0.25) is 0 Å². The summed E-state index contributed by atoms with van der Waals surface area (Å²) in [6.45, 7) is 5.75. The third-order valence-electron chi connectivity index (χ3n) is 1.87. The van der Waals surface area contributed by atoms with Crippen LogP contribution in [-0.2, 0) is 9.53 Å². The van der Waals surface area contributed by atoms with Gasteiger partial charge in [-0.25, -0.2) is 4.98 Å². The van der Waals surface area contributed by atoms with Crippen LogP contribution in [0, 0.1) is 0 Å². The van der Waals surface area contributed by atoms with Crippen molar-refractivity contribution in [3.8, 4) is 0 Å². The molecule has 86 valence electrons. The fourth-order valence-corrected chi connectivity index (χ4v) is 0.995. The number of rotatable bonds is 6. The molecule has 16 heavy (non-hydrogen) atoms. The van der Waals surface area contributed by atoms with Gasteiger partial charge < -0.3 is 10.1 Å². The van der Waals surface area contributed by atoms with Crippen LogP contribution in [0.5, 0.6) is 0 Å². The molecule has 1 N–H and O–H groups in total. The first-order valence-electron chi connectivity index (χ1n) is 5.03. The SMILES string of the molecule is C=CCCO[C@H](C)C(=O)Nc1cnccn1. The quantitative estimate of drug-likeness (QED) is 0.582. The molecule has 1 aromatic heterocycles. The lowest BCUT2D eigenvalue weighted by atomic mass is 10.3. The zero-order chi connectivity index (χ0) is 11.8. The van der Waals surface area contributed by atoms with E-state index in [-0.39, 0.29) is 5.91 Å². The minimum absolute atomic E-state index is 0.232. The average Bonchev–Trinajstić information content (AvgIpc) is 2.30. The molecule has 0 aliphatic rings. The van der Waals surface area contributed by atoms with Gasteiger partial charge in [0.25, 0.3) is 5.91 Å². The van der Waals surface area contributed by atoms with Gasteiger partial charge in [0.1, 0.15) is 6.10 Å². The number of anilines is 1. The second-order valence-electron chi connectivity index (χ2n) is 3.17. The Balaban J connectivity index is 2.37. The molecule has 0 aliphatic heterocycles. The Kier molecular flexibility index (Phi) is 5.15. The Hall–Kier alpha value is -1.75. The van der Waals surface area contributed by atoms with Gasteiger partial charge in [-0.1, -0.05) is 6.08 Å². The van der Waals surface area contributed by atoms with E-state index in [4.69, 9.17) is 4.74 Å². The highest BCUT2D eigenvalue weighted by Gasteiger charge is 2.13. The summed E-state index contributed by atoms with van der Waals surface area (Å²) in [5.74, 6) is 0.191. The third-order valence-corrected chi connectivity index (χ3v) is 1.87. The standard InChI is InChI=1S/C11H15N3O2/c1-3-4-7-16-9(2)11(15)14-10-8-12-5-6-13-10/h3,5-6,8-9H,1,4,7H2,2H3,(H,13,14,15)/t9-/m1/s1. The van der Waals surface area contributed by atoms with Gasteiger partial charge in [0, 0.05) is 12.4 Å². The van der Waals surface area contributed by atoms with E-state index in [2.05, 4.69) is 21.9 Å². The van der Waals surface area contributed by atoms with Crippen molar-refractivity contribution in [2.75, 3.05) is 11.9 Å². The van der Waals surface area contributed by atoms with Crippen molar-refractivity contribution in [1.82, 2.24) is 9.97 Å². The lowest BCUT2D eigenvalue weighted by Crippen LogP contribution is -2.28. The lowest BCUT2D eigenvalue weighted by molar-refractivity contribution is -0.126. The van der Waals surface area contributed by atoms with Crippen LogP contribution in [0.4, 0.5) is 5.82 Å². The van der Waals surface area contributed by atoms with E-state index >= 15 is 0 Å². The monoisotopic (exact) mass is 221 g/mol. The van der Waals surface area contributed by atoms with Crippen LogP contribution in [0.3, 0.4) is 0 Å². The summed E-state index contributed by atoms with van der Waals surface area (Å²) in [6, 6.07) is 0. The first-order chi connectivity index (χ1) is 7.74. The largest absolute Gasteiger partial charge is 0.368 e. The van der Waals surface area contributed by atoms with Gasteiger partial charge in [-0.05, 0) is 13.3 Å². The molecule has 0 saturated carbocycles. The van der Waals surface area contributed by atoms with E-state index in [9.17, 15) is 4.79 Å². The van der Waals surface area contributed by atoms with E-state index in [1.54, 1.807) is 19.2 Å². The minimum Gasteiger partial charge on any atom is -0.368 e. The molecule has 1 heterocycles. The number of nitrogens with one attached hydrogen (secondary N) is 1. The number of ether oxygens (including phenoxy) is 1. The highest BCUT2D eigenvalue weighted by Crippen LogP contribution is 2.01. The highest BCUT2D eigenvalue weighted by molar-refractivity contribution is 5.92. The van der Waals surface area contributed by atoms with Crippen molar-refractivity contribution in [3.63, 3.8) is 0 Å². The molecule has 1 aromatic rings. The van der Waals surface area contributed by atoms with E-state index in [0.717, 1.165) is 6.42 Å². The highest BCUT2D eigenvalue weighted by atomic mass is 16.5.